The lowest BCUT2D eigenvalue weighted by Gasteiger charge is -2.06. The minimum atomic E-state index is -0.132. The Kier molecular flexibility index (Phi) is 6.05. The van der Waals surface area contributed by atoms with Gasteiger partial charge in [0, 0.05) is 24.1 Å². The van der Waals surface area contributed by atoms with E-state index >= 15 is 0 Å². The zero-order valence-electron chi connectivity index (χ0n) is 15.3. The first-order valence-electron chi connectivity index (χ1n) is 8.79. The number of nitrogens with one attached hydrogen (secondary N) is 1. The lowest BCUT2D eigenvalue weighted by Crippen LogP contribution is -2.25. The number of carbonyl (C=O) groups excluding carboxylic acids is 1. The zero-order valence-corrected chi connectivity index (χ0v) is 15.3. The van der Waals surface area contributed by atoms with Gasteiger partial charge in [0.05, 0.1) is 5.69 Å². The van der Waals surface area contributed by atoms with Crippen molar-refractivity contribution in [2.75, 3.05) is 13.2 Å². The van der Waals surface area contributed by atoms with E-state index in [1.807, 2.05) is 31.2 Å². The standard InChI is InChI=1S/C22H22N2O3/c1-3-14-26-20-10-8-17(9-11-20)21(25)23-13-12-19-15-27-22(24-19)18-6-4-16(2)5-7-18/h3-11,15H,1,12-14H2,2H3,(H,23,25). The molecule has 1 amide bonds. The second-order valence-corrected chi connectivity index (χ2v) is 6.14. The highest BCUT2D eigenvalue weighted by Gasteiger charge is 2.08. The molecule has 1 aromatic heterocycles. The number of oxazole rings is 1. The third kappa shape index (κ3) is 5.07. The van der Waals surface area contributed by atoms with Crippen LogP contribution < -0.4 is 10.1 Å². The van der Waals surface area contributed by atoms with Crippen molar-refractivity contribution in [2.45, 2.75) is 13.3 Å². The lowest BCUT2D eigenvalue weighted by atomic mass is 10.1. The number of hydrogen-bond acceptors (Lipinski definition) is 4. The highest BCUT2D eigenvalue weighted by atomic mass is 16.5. The Morgan fingerprint density at radius 3 is 2.63 bits per heavy atom. The summed E-state index contributed by atoms with van der Waals surface area (Å²) in [5.41, 5.74) is 3.52. The summed E-state index contributed by atoms with van der Waals surface area (Å²) in [7, 11) is 0. The van der Waals surface area contributed by atoms with Crippen LogP contribution >= 0.6 is 0 Å². The van der Waals surface area contributed by atoms with Gasteiger partial charge < -0.3 is 14.5 Å². The normalized spacial score (nSPS) is 10.4. The quantitative estimate of drug-likeness (QED) is 0.610. The van der Waals surface area contributed by atoms with Crippen molar-refractivity contribution < 1.29 is 13.9 Å². The largest absolute Gasteiger partial charge is 0.490 e. The summed E-state index contributed by atoms with van der Waals surface area (Å²) in [6, 6.07) is 15.0. The molecule has 0 fully saturated rings. The van der Waals surface area contributed by atoms with Crippen LogP contribution in [-0.2, 0) is 6.42 Å². The van der Waals surface area contributed by atoms with Gasteiger partial charge in [-0.25, -0.2) is 4.98 Å². The molecule has 0 aliphatic heterocycles. The molecule has 0 spiro atoms. The average Bonchev–Trinajstić information content (AvgIpc) is 3.16. The number of nitrogens with zero attached hydrogens (tertiary/aromatic N) is 1. The first-order valence-corrected chi connectivity index (χ1v) is 8.79. The van der Waals surface area contributed by atoms with Crippen LogP contribution in [-0.4, -0.2) is 24.0 Å². The Morgan fingerprint density at radius 1 is 1.19 bits per heavy atom. The molecule has 0 radical (unpaired) electrons. The fourth-order valence-corrected chi connectivity index (χ4v) is 2.51. The molecule has 5 heteroatoms. The fraction of sp³-hybridized carbons (Fsp3) is 0.182. The molecular formula is C22H22N2O3. The molecule has 3 rings (SSSR count). The SMILES string of the molecule is C=CCOc1ccc(C(=O)NCCc2coc(-c3ccc(C)cc3)n2)cc1. The first-order chi connectivity index (χ1) is 13.2. The minimum absolute atomic E-state index is 0.132. The Hall–Kier alpha value is -3.34. The van der Waals surface area contributed by atoms with Gasteiger partial charge in [0.2, 0.25) is 5.89 Å². The maximum atomic E-state index is 12.2. The molecule has 27 heavy (non-hydrogen) atoms. The smallest absolute Gasteiger partial charge is 0.251 e. The van der Waals surface area contributed by atoms with Gasteiger partial charge in [0.25, 0.3) is 5.91 Å². The molecule has 0 saturated carbocycles. The van der Waals surface area contributed by atoms with E-state index in [1.165, 1.54) is 5.56 Å². The molecule has 5 nitrogen and oxygen atoms in total. The van der Waals surface area contributed by atoms with Crippen molar-refractivity contribution in [1.82, 2.24) is 10.3 Å². The van der Waals surface area contributed by atoms with E-state index in [9.17, 15) is 4.79 Å². The van der Waals surface area contributed by atoms with Crippen LogP contribution in [0.1, 0.15) is 21.6 Å². The maximum Gasteiger partial charge on any atom is 0.251 e. The van der Waals surface area contributed by atoms with Crippen LogP contribution in [0.2, 0.25) is 0 Å². The molecule has 138 valence electrons. The third-order valence-electron chi connectivity index (χ3n) is 4.00. The van der Waals surface area contributed by atoms with Gasteiger partial charge in [0.1, 0.15) is 18.6 Å². The second-order valence-electron chi connectivity index (χ2n) is 6.14. The molecule has 0 aliphatic carbocycles. The molecule has 0 atom stereocenters. The molecule has 1 N–H and O–H groups in total. The van der Waals surface area contributed by atoms with Gasteiger partial charge >= 0.3 is 0 Å². The molecule has 0 unspecified atom stereocenters. The van der Waals surface area contributed by atoms with Crippen molar-refractivity contribution in [1.29, 1.82) is 0 Å². The topological polar surface area (TPSA) is 64.4 Å². The van der Waals surface area contributed by atoms with Gasteiger partial charge in [-0.15, -0.1) is 0 Å². The van der Waals surface area contributed by atoms with E-state index in [0.717, 1.165) is 11.3 Å². The van der Waals surface area contributed by atoms with Crippen LogP contribution in [0, 0.1) is 6.92 Å². The summed E-state index contributed by atoms with van der Waals surface area (Å²) in [4.78, 5) is 16.7. The van der Waals surface area contributed by atoms with Crippen LogP contribution in [0.25, 0.3) is 11.5 Å². The van der Waals surface area contributed by atoms with Crippen LogP contribution in [0.4, 0.5) is 0 Å². The Balaban J connectivity index is 1.50. The van der Waals surface area contributed by atoms with Gasteiger partial charge in [-0.3, -0.25) is 4.79 Å². The Morgan fingerprint density at radius 2 is 1.93 bits per heavy atom. The Labute approximate surface area is 158 Å². The number of benzene rings is 2. The van der Waals surface area contributed by atoms with Gasteiger partial charge in [-0.1, -0.05) is 30.4 Å². The van der Waals surface area contributed by atoms with Gasteiger partial charge in [0.15, 0.2) is 0 Å². The summed E-state index contributed by atoms with van der Waals surface area (Å²) in [5.74, 6) is 1.16. The summed E-state index contributed by atoms with van der Waals surface area (Å²) in [6.45, 7) is 6.56. The van der Waals surface area contributed by atoms with Crippen LogP contribution in [0.5, 0.6) is 5.75 Å². The van der Waals surface area contributed by atoms with E-state index in [4.69, 9.17) is 9.15 Å². The number of hydrogen-bond donors (Lipinski definition) is 1. The van der Waals surface area contributed by atoms with Crippen molar-refractivity contribution in [3.05, 3.63) is 84.3 Å². The van der Waals surface area contributed by atoms with E-state index in [2.05, 4.69) is 16.9 Å². The fourth-order valence-electron chi connectivity index (χ4n) is 2.51. The number of aryl methyl sites for hydroxylation is 1. The molecular weight excluding hydrogens is 340 g/mol. The average molecular weight is 362 g/mol. The minimum Gasteiger partial charge on any atom is -0.490 e. The summed E-state index contributed by atoms with van der Waals surface area (Å²) >= 11 is 0. The summed E-state index contributed by atoms with van der Waals surface area (Å²) in [5, 5.41) is 2.89. The van der Waals surface area contributed by atoms with Crippen molar-refractivity contribution in [3.8, 4) is 17.2 Å². The maximum absolute atomic E-state index is 12.2. The molecule has 2 aromatic carbocycles. The summed E-state index contributed by atoms with van der Waals surface area (Å²) < 4.78 is 10.9. The second kappa shape index (κ2) is 8.85. The van der Waals surface area contributed by atoms with Gasteiger partial charge in [-0.2, -0.15) is 0 Å². The lowest BCUT2D eigenvalue weighted by molar-refractivity contribution is 0.0954. The number of ether oxygens (including phenoxy) is 1. The van der Waals surface area contributed by atoms with Crippen LogP contribution in [0.3, 0.4) is 0 Å². The van der Waals surface area contributed by atoms with E-state index in [0.29, 0.717) is 36.8 Å². The predicted octanol–water partition coefficient (Wildman–Crippen LogP) is 4.19. The van der Waals surface area contributed by atoms with Crippen molar-refractivity contribution >= 4 is 5.91 Å². The Bertz CT molecular complexity index is 896. The molecule has 0 bridgehead atoms. The molecule has 3 aromatic rings. The van der Waals surface area contributed by atoms with Crippen LogP contribution in [0.15, 0.2) is 71.9 Å². The molecule has 1 heterocycles. The monoisotopic (exact) mass is 362 g/mol. The van der Waals surface area contributed by atoms with Gasteiger partial charge in [-0.05, 0) is 43.3 Å². The number of amides is 1. The van der Waals surface area contributed by atoms with E-state index in [1.54, 1.807) is 36.6 Å². The highest BCUT2D eigenvalue weighted by molar-refractivity contribution is 5.94. The number of carbonyl (C=O) groups is 1. The first kappa shape index (κ1) is 18.5. The zero-order chi connectivity index (χ0) is 19.1. The van der Waals surface area contributed by atoms with E-state index in [-0.39, 0.29) is 5.91 Å². The predicted molar refractivity (Wildman–Crippen MR) is 105 cm³/mol. The third-order valence-corrected chi connectivity index (χ3v) is 4.00. The van der Waals surface area contributed by atoms with Crippen molar-refractivity contribution in [3.63, 3.8) is 0 Å². The highest BCUT2D eigenvalue weighted by Crippen LogP contribution is 2.19. The number of aromatic nitrogens is 1. The number of rotatable bonds is 8. The van der Waals surface area contributed by atoms with Crippen molar-refractivity contribution in [2.24, 2.45) is 0 Å². The molecule has 0 aliphatic rings. The summed E-state index contributed by atoms with van der Waals surface area (Å²) in [6.07, 6.45) is 3.91. The molecule has 0 saturated heterocycles. The van der Waals surface area contributed by atoms with E-state index < -0.39 is 0 Å².